The van der Waals surface area contributed by atoms with Crippen LogP contribution in [0.4, 0.5) is 0 Å². The highest BCUT2D eigenvalue weighted by atomic mass is 32.2. The first-order valence-electron chi connectivity index (χ1n) is 7.95. The zero-order valence-corrected chi connectivity index (χ0v) is 14.4. The zero-order valence-electron chi connectivity index (χ0n) is 13.6. The molecule has 1 heterocycles. The largest absolute Gasteiger partial charge is 0.494 e. The van der Waals surface area contributed by atoms with Gasteiger partial charge in [0.25, 0.3) is 0 Å². The fourth-order valence-corrected chi connectivity index (χ4v) is 4.41. The van der Waals surface area contributed by atoms with Gasteiger partial charge >= 0.3 is 0 Å². The molecule has 0 amide bonds. The van der Waals surface area contributed by atoms with Gasteiger partial charge in [0.1, 0.15) is 16.3 Å². The lowest BCUT2D eigenvalue weighted by Gasteiger charge is -2.18. The molecule has 1 fully saturated rings. The first-order chi connectivity index (χ1) is 11.5. The number of aromatic nitrogens is 2. The second-order valence-electron chi connectivity index (χ2n) is 5.95. The Morgan fingerprint density at radius 2 is 2.17 bits per heavy atom. The minimum absolute atomic E-state index is 0.102. The van der Waals surface area contributed by atoms with Crippen molar-refractivity contribution in [2.75, 3.05) is 13.7 Å². The zero-order chi connectivity index (χ0) is 17.2. The molecule has 0 aliphatic heterocycles. The molecule has 0 radical (unpaired) electrons. The number of nitrogens with two attached hydrogens (primary N) is 1. The number of benzene rings is 1. The van der Waals surface area contributed by atoms with Crippen LogP contribution in [-0.4, -0.2) is 37.9 Å². The first-order valence-corrected chi connectivity index (χ1v) is 9.44. The molecule has 3 rings (SSSR count). The monoisotopic (exact) mass is 350 g/mol. The van der Waals surface area contributed by atoms with Gasteiger partial charge in [-0.25, -0.2) is 17.8 Å². The maximum Gasteiger partial charge on any atom is 0.243 e. The molecule has 1 aliphatic rings. The summed E-state index contributed by atoms with van der Waals surface area (Å²) in [6, 6.07) is 7.20. The molecule has 2 aromatic rings. The van der Waals surface area contributed by atoms with Crippen LogP contribution in [0.2, 0.25) is 0 Å². The van der Waals surface area contributed by atoms with E-state index >= 15 is 0 Å². The van der Waals surface area contributed by atoms with Crippen LogP contribution < -0.4 is 15.2 Å². The number of hydrogen-bond acceptors (Lipinski definition) is 5. The second kappa shape index (κ2) is 6.92. The number of nitrogens with zero attached hydrogens (tertiary/aromatic N) is 2. The number of rotatable bonds is 6. The van der Waals surface area contributed by atoms with Crippen molar-refractivity contribution in [2.24, 2.45) is 11.7 Å². The van der Waals surface area contributed by atoms with Gasteiger partial charge in [-0.05, 0) is 37.4 Å². The van der Waals surface area contributed by atoms with Gasteiger partial charge in [-0.1, -0.05) is 18.6 Å². The van der Waals surface area contributed by atoms with Crippen LogP contribution >= 0.6 is 0 Å². The molecule has 0 unspecified atom stereocenters. The Hall–Kier alpha value is -1.90. The highest BCUT2D eigenvalue weighted by Crippen LogP contribution is 2.27. The van der Waals surface area contributed by atoms with E-state index in [9.17, 15) is 8.42 Å². The number of methoxy groups -OCH3 is 1. The van der Waals surface area contributed by atoms with Gasteiger partial charge in [0.15, 0.2) is 0 Å². The molecule has 0 bridgehead atoms. The van der Waals surface area contributed by atoms with Crippen LogP contribution in [0, 0.1) is 5.92 Å². The Morgan fingerprint density at radius 3 is 2.92 bits per heavy atom. The average Bonchev–Trinajstić information content (AvgIpc) is 3.23. The van der Waals surface area contributed by atoms with Crippen LogP contribution in [-0.2, 0) is 10.0 Å². The second-order valence-corrected chi connectivity index (χ2v) is 7.66. The summed E-state index contributed by atoms with van der Waals surface area (Å²) in [7, 11) is -2.06. The molecule has 1 saturated carbocycles. The molecular weight excluding hydrogens is 328 g/mol. The molecule has 1 aromatic heterocycles. The number of nitrogens with one attached hydrogen (secondary N) is 1. The minimum atomic E-state index is -3.62. The minimum Gasteiger partial charge on any atom is -0.494 e. The van der Waals surface area contributed by atoms with E-state index in [1.165, 1.54) is 17.1 Å². The average molecular weight is 350 g/mol. The molecular formula is C16H22N4O3S. The molecule has 24 heavy (non-hydrogen) atoms. The quantitative estimate of drug-likeness (QED) is 0.818. The van der Waals surface area contributed by atoms with E-state index < -0.39 is 10.0 Å². The predicted octanol–water partition coefficient (Wildman–Crippen LogP) is 1.29. The van der Waals surface area contributed by atoms with E-state index in [-0.39, 0.29) is 16.9 Å². The molecule has 0 saturated heterocycles. The van der Waals surface area contributed by atoms with Crippen LogP contribution in [0.25, 0.3) is 5.69 Å². The summed E-state index contributed by atoms with van der Waals surface area (Å²) in [5, 5.41) is 4.17. The van der Waals surface area contributed by atoms with E-state index in [2.05, 4.69) is 9.82 Å². The van der Waals surface area contributed by atoms with E-state index in [0.717, 1.165) is 19.3 Å². The van der Waals surface area contributed by atoms with Crippen LogP contribution in [0.1, 0.15) is 19.3 Å². The summed E-state index contributed by atoms with van der Waals surface area (Å²) in [5.41, 5.74) is 6.41. The third-order valence-electron chi connectivity index (χ3n) is 4.47. The van der Waals surface area contributed by atoms with Gasteiger partial charge in [0.2, 0.25) is 10.0 Å². The lowest BCUT2D eigenvalue weighted by atomic mass is 10.1. The maximum atomic E-state index is 12.6. The maximum absolute atomic E-state index is 12.6. The Morgan fingerprint density at radius 1 is 1.38 bits per heavy atom. The Kier molecular flexibility index (Phi) is 4.88. The highest BCUT2D eigenvalue weighted by molar-refractivity contribution is 7.89. The van der Waals surface area contributed by atoms with E-state index in [4.69, 9.17) is 10.5 Å². The summed E-state index contributed by atoms with van der Waals surface area (Å²) >= 11 is 0. The van der Waals surface area contributed by atoms with Crippen LogP contribution in [0.15, 0.2) is 41.6 Å². The summed E-state index contributed by atoms with van der Waals surface area (Å²) in [6.07, 6.45) is 5.62. The molecule has 1 aliphatic carbocycles. The van der Waals surface area contributed by atoms with Crippen LogP contribution in [0.5, 0.6) is 5.75 Å². The van der Waals surface area contributed by atoms with E-state index in [1.807, 2.05) is 18.2 Å². The van der Waals surface area contributed by atoms with Gasteiger partial charge < -0.3 is 10.5 Å². The number of sulfonamides is 1. The fourth-order valence-electron chi connectivity index (χ4n) is 3.14. The Balaban J connectivity index is 1.84. The van der Waals surface area contributed by atoms with Crippen molar-refractivity contribution in [1.29, 1.82) is 0 Å². The first kappa shape index (κ1) is 16.9. The molecule has 3 N–H and O–H groups in total. The van der Waals surface area contributed by atoms with Gasteiger partial charge in [-0.15, -0.1) is 0 Å². The van der Waals surface area contributed by atoms with Gasteiger partial charge in [-0.2, -0.15) is 5.10 Å². The number of hydrogen-bond donors (Lipinski definition) is 2. The van der Waals surface area contributed by atoms with Crippen molar-refractivity contribution in [1.82, 2.24) is 14.5 Å². The normalized spacial score (nSPS) is 21.1. The van der Waals surface area contributed by atoms with Crippen molar-refractivity contribution in [3.8, 4) is 11.4 Å². The van der Waals surface area contributed by atoms with Crippen molar-refractivity contribution in [3.05, 3.63) is 36.7 Å². The standard InChI is InChI=1S/C16H22N4O3S/c1-23-16-8-3-2-7-15(16)20-11-13(10-18-20)24(21,22)19-14-6-4-5-12(14)9-17/h2-3,7-8,10-12,14,19H,4-6,9,17H2,1H3/t12-,14-/m0/s1. The van der Waals surface area contributed by atoms with E-state index in [0.29, 0.717) is 18.0 Å². The fraction of sp³-hybridized carbons (Fsp3) is 0.438. The highest BCUT2D eigenvalue weighted by Gasteiger charge is 2.31. The summed E-state index contributed by atoms with van der Waals surface area (Å²) in [6.45, 7) is 0.494. The van der Waals surface area contributed by atoms with Crippen molar-refractivity contribution in [2.45, 2.75) is 30.2 Å². The Bertz CT molecular complexity index is 803. The summed E-state index contributed by atoms with van der Waals surface area (Å²) < 4.78 is 34.8. The van der Waals surface area contributed by atoms with E-state index in [1.54, 1.807) is 13.2 Å². The predicted molar refractivity (Wildman–Crippen MR) is 90.6 cm³/mol. The smallest absolute Gasteiger partial charge is 0.243 e. The van der Waals surface area contributed by atoms with Gasteiger partial charge in [0, 0.05) is 6.04 Å². The topological polar surface area (TPSA) is 99.2 Å². The number of para-hydroxylation sites is 2. The molecule has 7 nitrogen and oxygen atoms in total. The van der Waals surface area contributed by atoms with Crippen molar-refractivity contribution < 1.29 is 13.2 Å². The number of ether oxygens (including phenoxy) is 1. The third kappa shape index (κ3) is 3.31. The summed E-state index contributed by atoms with van der Waals surface area (Å²) in [5.74, 6) is 0.820. The molecule has 130 valence electrons. The van der Waals surface area contributed by atoms with Crippen molar-refractivity contribution >= 4 is 10.0 Å². The molecule has 2 atom stereocenters. The van der Waals surface area contributed by atoms with Gasteiger partial charge in [0.05, 0.1) is 19.5 Å². The summed E-state index contributed by atoms with van der Waals surface area (Å²) in [4.78, 5) is 0.135. The molecule has 0 spiro atoms. The molecule has 8 heteroatoms. The lowest BCUT2D eigenvalue weighted by molar-refractivity contribution is 0.411. The molecule has 1 aromatic carbocycles. The van der Waals surface area contributed by atoms with Crippen molar-refractivity contribution in [3.63, 3.8) is 0 Å². The Labute approximate surface area is 141 Å². The van der Waals surface area contributed by atoms with Gasteiger partial charge in [-0.3, -0.25) is 0 Å². The lowest BCUT2D eigenvalue weighted by Crippen LogP contribution is -2.39. The third-order valence-corrected chi connectivity index (χ3v) is 5.91. The SMILES string of the molecule is COc1ccccc1-n1cc(S(=O)(=O)N[C@H]2CCC[C@H]2CN)cn1. The van der Waals surface area contributed by atoms with Crippen LogP contribution in [0.3, 0.4) is 0 Å².